The molecule has 0 saturated heterocycles. The van der Waals surface area contributed by atoms with Gasteiger partial charge in [-0.15, -0.1) is 0 Å². The number of aryl methyl sites for hydroxylation is 1. The lowest BCUT2D eigenvalue weighted by atomic mass is 10.2. The van der Waals surface area contributed by atoms with E-state index in [0.29, 0.717) is 28.0 Å². The van der Waals surface area contributed by atoms with Crippen LogP contribution in [0.3, 0.4) is 0 Å². The molecular formula is C20H16ClNO3. The van der Waals surface area contributed by atoms with Crippen LogP contribution in [0.2, 0.25) is 5.02 Å². The van der Waals surface area contributed by atoms with Gasteiger partial charge in [0.15, 0.2) is 0 Å². The second kappa shape index (κ2) is 7.73. The van der Waals surface area contributed by atoms with E-state index in [4.69, 9.17) is 21.1 Å². The van der Waals surface area contributed by atoms with E-state index in [1.807, 2.05) is 43.3 Å². The van der Waals surface area contributed by atoms with Crippen molar-refractivity contribution >= 4 is 23.4 Å². The third-order valence-electron chi connectivity index (χ3n) is 3.41. The molecule has 3 aromatic rings. The van der Waals surface area contributed by atoms with Crippen LogP contribution in [0.4, 0.5) is 10.5 Å². The molecule has 25 heavy (non-hydrogen) atoms. The fourth-order valence-electron chi connectivity index (χ4n) is 2.15. The molecule has 0 spiro atoms. The summed E-state index contributed by atoms with van der Waals surface area (Å²) in [6, 6.07) is 21.5. The second-order valence-electron chi connectivity index (χ2n) is 5.37. The van der Waals surface area contributed by atoms with Gasteiger partial charge in [-0.1, -0.05) is 41.9 Å². The van der Waals surface area contributed by atoms with Crippen molar-refractivity contribution in [1.82, 2.24) is 0 Å². The van der Waals surface area contributed by atoms with E-state index < -0.39 is 6.09 Å². The van der Waals surface area contributed by atoms with Gasteiger partial charge in [0.05, 0.1) is 0 Å². The first-order valence-electron chi connectivity index (χ1n) is 7.68. The van der Waals surface area contributed by atoms with Crippen molar-refractivity contribution in [2.24, 2.45) is 0 Å². The van der Waals surface area contributed by atoms with Crippen LogP contribution >= 0.6 is 11.6 Å². The van der Waals surface area contributed by atoms with Crippen molar-refractivity contribution in [2.75, 3.05) is 5.32 Å². The maximum atomic E-state index is 12.0. The van der Waals surface area contributed by atoms with Crippen LogP contribution in [-0.2, 0) is 0 Å². The number of amides is 1. The quantitative estimate of drug-likeness (QED) is 0.620. The fraction of sp³-hybridized carbons (Fsp3) is 0.0500. The number of para-hydroxylation sites is 1. The average Bonchev–Trinajstić information content (AvgIpc) is 2.59. The minimum absolute atomic E-state index is 0.379. The molecule has 4 nitrogen and oxygen atoms in total. The fourth-order valence-corrected chi connectivity index (χ4v) is 2.33. The zero-order chi connectivity index (χ0) is 17.6. The molecule has 0 aliphatic carbocycles. The molecule has 5 heteroatoms. The van der Waals surface area contributed by atoms with E-state index in [1.165, 1.54) is 0 Å². The lowest BCUT2D eigenvalue weighted by Gasteiger charge is -2.09. The van der Waals surface area contributed by atoms with Gasteiger partial charge in [0.2, 0.25) is 0 Å². The van der Waals surface area contributed by atoms with Gasteiger partial charge in [-0.25, -0.2) is 4.79 Å². The largest absolute Gasteiger partial charge is 0.457 e. The van der Waals surface area contributed by atoms with E-state index in [0.717, 1.165) is 5.56 Å². The number of nitrogens with one attached hydrogen (secondary N) is 1. The number of ether oxygens (including phenoxy) is 2. The first-order chi connectivity index (χ1) is 12.1. The molecule has 0 unspecified atom stereocenters. The summed E-state index contributed by atoms with van der Waals surface area (Å²) < 4.78 is 11.0. The third-order valence-corrected chi connectivity index (χ3v) is 3.82. The third kappa shape index (κ3) is 4.75. The number of carbonyl (C=O) groups excluding carboxylic acids is 1. The van der Waals surface area contributed by atoms with Gasteiger partial charge in [-0.3, -0.25) is 5.32 Å². The molecule has 0 heterocycles. The molecule has 126 valence electrons. The molecule has 1 amide bonds. The first-order valence-corrected chi connectivity index (χ1v) is 8.06. The van der Waals surface area contributed by atoms with Crippen molar-refractivity contribution < 1.29 is 14.3 Å². The zero-order valence-electron chi connectivity index (χ0n) is 13.5. The van der Waals surface area contributed by atoms with Gasteiger partial charge in [-0.05, 0) is 48.9 Å². The smallest absolute Gasteiger partial charge is 0.417 e. The van der Waals surface area contributed by atoms with E-state index in [-0.39, 0.29) is 0 Å². The lowest BCUT2D eigenvalue weighted by Crippen LogP contribution is -2.16. The maximum Gasteiger partial charge on any atom is 0.417 e. The molecule has 0 bridgehead atoms. The summed E-state index contributed by atoms with van der Waals surface area (Å²) in [4.78, 5) is 12.0. The van der Waals surface area contributed by atoms with Crippen molar-refractivity contribution in [3.63, 3.8) is 0 Å². The Hall–Kier alpha value is -2.98. The highest BCUT2D eigenvalue weighted by molar-refractivity contribution is 6.31. The summed E-state index contributed by atoms with van der Waals surface area (Å²) in [7, 11) is 0. The van der Waals surface area contributed by atoms with E-state index in [9.17, 15) is 4.79 Å². The van der Waals surface area contributed by atoms with E-state index in [2.05, 4.69) is 5.32 Å². The number of carbonyl (C=O) groups is 1. The van der Waals surface area contributed by atoms with E-state index >= 15 is 0 Å². The Bertz CT molecular complexity index is 881. The highest BCUT2D eigenvalue weighted by atomic mass is 35.5. The summed E-state index contributed by atoms with van der Waals surface area (Å²) in [5.41, 5.74) is 1.50. The molecule has 0 aromatic heterocycles. The predicted octanol–water partition coefficient (Wildman–Crippen LogP) is 6.05. The zero-order valence-corrected chi connectivity index (χ0v) is 14.3. The van der Waals surface area contributed by atoms with Gasteiger partial charge in [-0.2, -0.15) is 0 Å². The summed E-state index contributed by atoms with van der Waals surface area (Å²) >= 11 is 6.05. The van der Waals surface area contributed by atoms with Crippen LogP contribution in [-0.4, -0.2) is 6.09 Å². The standard InChI is InChI=1S/C20H16ClNO3/c1-14-10-11-15(12-19(14)21)22-20(23)25-18-9-5-8-17(13-18)24-16-6-3-2-4-7-16/h2-13H,1H3,(H,22,23). The molecule has 3 aromatic carbocycles. The summed E-state index contributed by atoms with van der Waals surface area (Å²) in [6.45, 7) is 1.89. The number of hydrogen-bond donors (Lipinski definition) is 1. The van der Waals surface area contributed by atoms with Crippen LogP contribution in [0.25, 0.3) is 0 Å². The molecule has 0 saturated carbocycles. The molecule has 1 N–H and O–H groups in total. The van der Waals surface area contributed by atoms with Crippen LogP contribution in [0.15, 0.2) is 72.8 Å². The molecule has 0 aliphatic heterocycles. The Balaban J connectivity index is 1.65. The highest BCUT2D eigenvalue weighted by Crippen LogP contribution is 2.25. The van der Waals surface area contributed by atoms with Gasteiger partial charge >= 0.3 is 6.09 Å². The van der Waals surface area contributed by atoms with Crippen molar-refractivity contribution in [2.45, 2.75) is 6.92 Å². The number of anilines is 1. The van der Waals surface area contributed by atoms with Crippen LogP contribution in [0, 0.1) is 6.92 Å². The van der Waals surface area contributed by atoms with Crippen molar-refractivity contribution in [3.8, 4) is 17.2 Å². The number of hydrogen-bond acceptors (Lipinski definition) is 3. The summed E-state index contributed by atoms with van der Waals surface area (Å²) in [6.07, 6.45) is -0.600. The summed E-state index contributed by atoms with van der Waals surface area (Å²) in [5.74, 6) is 1.66. The molecule has 3 rings (SSSR count). The maximum absolute atomic E-state index is 12.0. The van der Waals surface area contributed by atoms with E-state index in [1.54, 1.807) is 36.4 Å². The Morgan fingerprint density at radius 1 is 0.880 bits per heavy atom. The minimum Gasteiger partial charge on any atom is -0.457 e. The summed E-state index contributed by atoms with van der Waals surface area (Å²) in [5, 5.41) is 3.22. The molecule has 0 atom stereocenters. The van der Waals surface area contributed by atoms with Crippen molar-refractivity contribution in [3.05, 3.63) is 83.4 Å². The topological polar surface area (TPSA) is 47.6 Å². The Morgan fingerprint density at radius 3 is 2.36 bits per heavy atom. The Morgan fingerprint density at radius 2 is 1.60 bits per heavy atom. The molecular weight excluding hydrogens is 338 g/mol. The van der Waals surface area contributed by atoms with Gasteiger partial charge < -0.3 is 9.47 Å². The number of halogens is 1. The average molecular weight is 354 g/mol. The van der Waals surface area contributed by atoms with Crippen LogP contribution in [0.5, 0.6) is 17.2 Å². The van der Waals surface area contributed by atoms with Crippen LogP contribution in [0.1, 0.15) is 5.56 Å². The van der Waals surface area contributed by atoms with Crippen LogP contribution < -0.4 is 14.8 Å². The van der Waals surface area contributed by atoms with Gasteiger partial charge in [0.1, 0.15) is 17.2 Å². The van der Waals surface area contributed by atoms with Gasteiger partial charge in [0.25, 0.3) is 0 Å². The van der Waals surface area contributed by atoms with Gasteiger partial charge in [0, 0.05) is 16.8 Å². The number of rotatable bonds is 4. The van der Waals surface area contributed by atoms with Crippen molar-refractivity contribution in [1.29, 1.82) is 0 Å². The SMILES string of the molecule is Cc1ccc(NC(=O)Oc2cccc(Oc3ccccc3)c2)cc1Cl. The first kappa shape index (κ1) is 16.9. The molecule has 0 radical (unpaired) electrons. The molecule has 0 aliphatic rings. The normalized spacial score (nSPS) is 10.2. The highest BCUT2D eigenvalue weighted by Gasteiger charge is 2.07. The monoisotopic (exact) mass is 353 g/mol. The number of benzene rings is 3. The lowest BCUT2D eigenvalue weighted by molar-refractivity contribution is 0.215. The minimum atomic E-state index is -0.600. The second-order valence-corrected chi connectivity index (χ2v) is 5.78. The Kier molecular flexibility index (Phi) is 5.21. The molecule has 0 fully saturated rings. The Labute approximate surface area is 151 Å². The predicted molar refractivity (Wildman–Crippen MR) is 98.8 cm³/mol.